The summed E-state index contributed by atoms with van der Waals surface area (Å²) in [5, 5.41) is 11.6. The lowest BCUT2D eigenvalue weighted by Crippen LogP contribution is -2.10. The Kier molecular flexibility index (Phi) is 3.59. The van der Waals surface area contributed by atoms with E-state index in [1.54, 1.807) is 17.7 Å². The van der Waals surface area contributed by atoms with E-state index in [-0.39, 0.29) is 6.04 Å². The zero-order valence-corrected chi connectivity index (χ0v) is 13.4. The van der Waals surface area contributed by atoms with Crippen LogP contribution in [0.1, 0.15) is 42.0 Å². The molecule has 0 bridgehead atoms. The first-order valence-corrected chi connectivity index (χ1v) is 7.80. The highest BCUT2D eigenvalue weighted by molar-refractivity contribution is 7.18. The number of rotatable bonds is 4. The topological polar surface area (TPSA) is 79.4 Å². The number of thiophene rings is 1. The predicted octanol–water partition coefficient (Wildman–Crippen LogP) is 3.16. The predicted molar refractivity (Wildman–Crippen MR) is 84.7 cm³/mol. The molecule has 0 aromatic carbocycles. The van der Waals surface area contributed by atoms with Gasteiger partial charge in [-0.2, -0.15) is 5.10 Å². The first kappa shape index (κ1) is 13.9. The maximum Gasteiger partial charge on any atom is 0.172 e. The molecule has 2 N–H and O–H groups in total. The van der Waals surface area contributed by atoms with Crippen molar-refractivity contribution >= 4 is 27.4 Å². The molecule has 110 valence electrons. The lowest BCUT2D eigenvalue weighted by Gasteiger charge is -2.12. The van der Waals surface area contributed by atoms with Gasteiger partial charge in [-0.1, -0.05) is 6.92 Å². The third-order valence-electron chi connectivity index (χ3n) is 3.50. The van der Waals surface area contributed by atoms with Gasteiger partial charge in [0.05, 0.1) is 11.4 Å². The molecule has 0 radical (unpaired) electrons. The SMILES string of the molecule is CCc1c(C)sc2ncnc(NC(C)c3n[nH]c(C)n3)c12. The van der Waals surface area contributed by atoms with Crippen LogP contribution >= 0.6 is 11.3 Å². The zero-order chi connectivity index (χ0) is 15.0. The number of H-pyrrole nitrogens is 1. The van der Waals surface area contributed by atoms with Crippen molar-refractivity contribution in [3.63, 3.8) is 0 Å². The Bertz CT molecular complexity index is 775. The highest BCUT2D eigenvalue weighted by Gasteiger charge is 2.17. The molecule has 3 aromatic rings. The van der Waals surface area contributed by atoms with Crippen molar-refractivity contribution in [1.82, 2.24) is 25.1 Å². The van der Waals surface area contributed by atoms with Crippen molar-refractivity contribution < 1.29 is 0 Å². The molecule has 0 saturated heterocycles. The Balaban J connectivity index is 2.00. The molecular weight excluding hydrogens is 284 g/mol. The van der Waals surface area contributed by atoms with E-state index in [4.69, 9.17) is 0 Å². The average molecular weight is 302 g/mol. The molecule has 0 aliphatic rings. The normalized spacial score (nSPS) is 12.8. The molecule has 0 aliphatic heterocycles. The number of nitrogens with one attached hydrogen (secondary N) is 2. The Morgan fingerprint density at radius 3 is 2.81 bits per heavy atom. The van der Waals surface area contributed by atoms with E-state index in [1.165, 1.54) is 10.4 Å². The fraction of sp³-hybridized carbons (Fsp3) is 0.429. The summed E-state index contributed by atoms with van der Waals surface area (Å²) in [5.74, 6) is 2.41. The highest BCUT2D eigenvalue weighted by Crippen LogP contribution is 2.34. The lowest BCUT2D eigenvalue weighted by molar-refractivity contribution is 0.791. The average Bonchev–Trinajstić information content (AvgIpc) is 3.02. The lowest BCUT2D eigenvalue weighted by atomic mass is 10.1. The van der Waals surface area contributed by atoms with Gasteiger partial charge in [0.25, 0.3) is 0 Å². The smallest absolute Gasteiger partial charge is 0.172 e. The van der Waals surface area contributed by atoms with Crippen LogP contribution in [0.2, 0.25) is 0 Å². The van der Waals surface area contributed by atoms with Crippen LogP contribution in [-0.2, 0) is 6.42 Å². The molecule has 3 rings (SSSR count). The van der Waals surface area contributed by atoms with Gasteiger partial charge in [-0.25, -0.2) is 15.0 Å². The molecule has 1 atom stereocenters. The molecule has 3 heterocycles. The highest BCUT2D eigenvalue weighted by atomic mass is 32.1. The van der Waals surface area contributed by atoms with Crippen molar-refractivity contribution in [3.8, 4) is 0 Å². The van der Waals surface area contributed by atoms with E-state index in [2.05, 4.69) is 44.3 Å². The van der Waals surface area contributed by atoms with E-state index >= 15 is 0 Å². The Morgan fingerprint density at radius 2 is 2.14 bits per heavy atom. The quantitative estimate of drug-likeness (QED) is 0.774. The third-order valence-corrected chi connectivity index (χ3v) is 4.55. The maximum absolute atomic E-state index is 4.42. The molecule has 7 heteroatoms. The van der Waals surface area contributed by atoms with Crippen molar-refractivity contribution in [3.05, 3.63) is 28.4 Å². The van der Waals surface area contributed by atoms with Crippen LogP contribution in [0.3, 0.4) is 0 Å². The fourth-order valence-electron chi connectivity index (χ4n) is 2.46. The number of anilines is 1. The summed E-state index contributed by atoms with van der Waals surface area (Å²) in [6.07, 6.45) is 2.58. The van der Waals surface area contributed by atoms with Gasteiger partial charge in [0.2, 0.25) is 0 Å². The van der Waals surface area contributed by atoms with Crippen LogP contribution in [0.5, 0.6) is 0 Å². The molecule has 0 amide bonds. The number of hydrogen-bond donors (Lipinski definition) is 2. The van der Waals surface area contributed by atoms with E-state index in [9.17, 15) is 0 Å². The second-order valence-electron chi connectivity index (χ2n) is 5.04. The minimum atomic E-state index is -0.0158. The Labute approximate surface area is 127 Å². The molecule has 0 fully saturated rings. The van der Waals surface area contributed by atoms with Crippen molar-refractivity contribution in [2.45, 2.75) is 40.2 Å². The number of fused-ring (bicyclic) bond motifs is 1. The van der Waals surface area contributed by atoms with Crippen molar-refractivity contribution in [2.75, 3.05) is 5.32 Å². The van der Waals surface area contributed by atoms with E-state index in [0.717, 1.165) is 34.1 Å². The minimum Gasteiger partial charge on any atom is -0.360 e. The molecule has 0 aliphatic carbocycles. The van der Waals surface area contributed by atoms with Gasteiger partial charge in [0, 0.05) is 4.88 Å². The van der Waals surface area contributed by atoms with Gasteiger partial charge in [0.1, 0.15) is 22.8 Å². The fourth-order valence-corrected chi connectivity index (χ4v) is 3.54. The second kappa shape index (κ2) is 5.40. The Hall–Kier alpha value is -2.02. The second-order valence-corrected chi connectivity index (χ2v) is 6.24. The van der Waals surface area contributed by atoms with Gasteiger partial charge in [-0.15, -0.1) is 11.3 Å². The molecule has 3 aromatic heterocycles. The van der Waals surface area contributed by atoms with E-state index < -0.39 is 0 Å². The molecule has 0 spiro atoms. The number of hydrogen-bond acceptors (Lipinski definition) is 6. The number of aromatic nitrogens is 5. The number of aromatic amines is 1. The summed E-state index contributed by atoms with van der Waals surface area (Å²) in [4.78, 5) is 15.5. The van der Waals surface area contributed by atoms with Crippen LogP contribution in [0.15, 0.2) is 6.33 Å². The van der Waals surface area contributed by atoms with E-state index in [0.29, 0.717) is 0 Å². The van der Waals surface area contributed by atoms with Crippen LogP contribution in [0.25, 0.3) is 10.2 Å². The first-order valence-electron chi connectivity index (χ1n) is 6.98. The molecule has 0 saturated carbocycles. The van der Waals surface area contributed by atoms with Gasteiger partial charge >= 0.3 is 0 Å². The molecule has 21 heavy (non-hydrogen) atoms. The molecule has 1 unspecified atom stereocenters. The summed E-state index contributed by atoms with van der Waals surface area (Å²) in [6, 6.07) is -0.0158. The standard InChI is InChI=1S/C14H18N6S/c1-5-10-8(3)21-14-11(10)13(15-6-16-14)17-7(2)12-18-9(4)19-20-12/h6-7H,5H2,1-4H3,(H,15,16,17)(H,18,19,20). The summed E-state index contributed by atoms with van der Waals surface area (Å²) in [7, 11) is 0. The van der Waals surface area contributed by atoms with Crippen LogP contribution < -0.4 is 5.32 Å². The zero-order valence-electron chi connectivity index (χ0n) is 12.6. The van der Waals surface area contributed by atoms with Gasteiger partial charge in [0.15, 0.2) is 5.82 Å². The van der Waals surface area contributed by atoms with Crippen molar-refractivity contribution in [2.24, 2.45) is 0 Å². The van der Waals surface area contributed by atoms with Gasteiger partial charge < -0.3 is 5.32 Å². The Morgan fingerprint density at radius 1 is 1.33 bits per heavy atom. The van der Waals surface area contributed by atoms with Crippen LogP contribution in [0, 0.1) is 13.8 Å². The van der Waals surface area contributed by atoms with Gasteiger partial charge in [-0.05, 0) is 32.8 Å². The van der Waals surface area contributed by atoms with E-state index in [1.807, 2.05) is 13.8 Å². The summed E-state index contributed by atoms with van der Waals surface area (Å²) < 4.78 is 0. The largest absolute Gasteiger partial charge is 0.360 e. The molecule has 6 nitrogen and oxygen atoms in total. The third kappa shape index (κ3) is 2.49. The number of aryl methyl sites for hydroxylation is 3. The maximum atomic E-state index is 4.42. The van der Waals surface area contributed by atoms with Crippen LogP contribution in [0.4, 0.5) is 5.82 Å². The van der Waals surface area contributed by atoms with Crippen molar-refractivity contribution in [1.29, 1.82) is 0 Å². The molecular formula is C14H18N6S. The number of nitrogens with zero attached hydrogens (tertiary/aromatic N) is 4. The summed E-state index contributed by atoms with van der Waals surface area (Å²) in [6.45, 7) is 8.22. The summed E-state index contributed by atoms with van der Waals surface area (Å²) >= 11 is 1.72. The van der Waals surface area contributed by atoms with Crippen LogP contribution in [-0.4, -0.2) is 25.1 Å². The van der Waals surface area contributed by atoms with Gasteiger partial charge in [-0.3, -0.25) is 5.10 Å². The monoisotopic (exact) mass is 302 g/mol. The summed E-state index contributed by atoms with van der Waals surface area (Å²) in [5.41, 5.74) is 1.32. The minimum absolute atomic E-state index is 0.0158. The first-order chi connectivity index (χ1) is 10.1.